The summed E-state index contributed by atoms with van der Waals surface area (Å²) in [5.41, 5.74) is 1.24. The van der Waals surface area contributed by atoms with Crippen molar-refractivity contribution >= 4 is 38.5 Å². The fraction of sp³-hybridized carbons (Fsp3) is 0.333. The first-order valence-corrected chi connectivity index (χ1v) is 6.68. The molecule has 1 atom stereocenters. The van der Waals surface area contributed by atoms with Crippen molar-refractivity contribution in [1.29, 1.82) is 0 Å². The summed E-state index contributed by atoms with van der Waals surface area (Å²) in [6.45, 7) is 3.01. The summed E-state index contributed by atoms with van der Waals surface area (Å²) in [5.74, 6) is 2.71. The smallest absolute Gasteiger partial charge is 0.0442 e. The van der Waals surface area contributed by atoms with E-state index < -0.39 is 0 Å². The van der Waals surface area contributed by atoms with E-state index in [2.05, 4.69) is 74.9 Å². The van der Waals surface area contributed by atoms with Crippen LogP contribution in [0, 0.1) is 15.9 Å². The van der Waals surface area contributed by atoms with Gasteiger partial charge in [-0.1, -0.05) is 22.9 Å². The predicted octanol–water partition coefficient (Wildman–Crippen LogP) is 3.73. The molecule has 0 saturated heterocycles. The predicted molar refractivity (Wildman–Crippen MR) is 76.7 cm³/mol. The minimum atomic E-state index is 0.240. The average molecular weight is 378 g/mol. The fourth-order valence-electron chi connectivity index (χ4n) is 1.44. The van der Waals surface area contributed by atoms with E-state index >= 15 is 0 Å². The Bertz CT molecular complexity index is 370. The molecule has 3 heteroatoms. The Morgan fingerprint density at radius 2 is 2.33 bits per heavy atom. The van der Waals surface area contributed by atoms with E-state index in [0.717, 1.165) is 11.0 Å². The molecule has 80 valence electrons. The normalized spacial score (nSPS) is 12.1. The SMILES string of the molecule is C#CCC(NCC)c1cc(I)ccc1Br. The highest BCUT2D eigenvalue weighted by Crippen LogP contribution is 2.27. The van der Waals surface area contributed by atoms with Crippen LogP contribution in [0.4, 0.5) is 0 Å². The van der Waals surface area contributed by atoms with E-state index in [-0.39, 0.29) is 6.04 Å². The van der Waals surface area contributed by atoms with Crippen LogP contribution in [0.1, 0.15) is 24.9 Å². The van der Waals surface area contributed by atoms with Gasteiger partial charge in [0, 0.05) is 20.5 Å². The van der Waals surface area contributed by atoms with Crippen LogP contribution < -0.4 is 5.32 Å². The molecule has 0 heterocycles. The fourth-order valence-corrected chi connectivity index (χ4v) is 2.48. The van der Waals surface area contributed by atoms with Gasteiger partial charge in [0.15, 0.2) is 0 Å². The standard InChI is InChI=1S/C12H13BrIN/c1-3-5-12(15-4-2)10-8-9(14)6-7-11(10)13/h1,6-8,12,15H,4-5H2,2H3. The minimum Gasteiger partial charge on any atom is -0.309 e. The van der Waals surface area contributed by atoms with Gasteiger partial charge in [0.05, 0.1) is 0 Å². The van der Waals surface area contributed by atoms with Gasteiger partial charge in [-0.05, 0) is 52.9 Å². The number of hydrogen-bond donors (Lipinski definition) is 1. The molecule has 0 aliphatic carbocycles. The summed E-state index contributed by atoms with van der Waals surface area (Å²) in [5, 5.41) is 3.39. The van der Waals surface area contributed by atoms with Gasteiger partial charge in [-0.25, -0.2) is 0 Å². The second kappa shape index (κ2) is 6.51. The molecular weight excluding hydrogens is 365 g/mol. The number of hydrogen-bond acceptors (Lipinski definition) is 1. The lowest BCUT2D eigenvalue weighted by atomic mass is 10.0. The molecule has 0 aliphatic heterocycles. The Kier molecular flexibility index (Phi) is 5.65. The number of rotatable bonds is 4. The summed E-state index contributed by atoms with van der Waals surface area (Å²) in [4.78, 5) is 0. The third-order valence-corrected chi connectivity index (χ3v) is 3.50. The van der Waals surface area contributed by atoms with Crippen LogP contribution in [0.3, 0.4) is 0 Å². The molecule has 0 spiro atoms. The van der Waals surface area contributed by atoms with Crippen LogP contribution in [0.15, 0.2) is 22.7 Å². The van der Waals surface area contributed by atoms with Gasteiger partial charge in [0.2, 0.25) is 0 Å². The molecule has 0 aliphatic rings. The lowest BCUT2D eigenvalue weighted by molar-refractivity contribution is 0.563. The Balaban J connectivity index is 2.99. The van der Waals surface area contributed by atoms with Crippen molar-refractivity contribution < 1.29 is 0 Å². The van der Waals surface area contributed by atoms with Crippen LogP contribution in [-0.2, 0) is 0 Å². The quantitative estimate of drug-likeness (QED) is 0.622. The molecule has 0 saturated carbocycles. The van der Waals surface area contributed by atoms with Crippen molar-refractivity contribution in [2.75, 3.05) is 6.54 Å². The van der Waals surface area contributed by atoms with Crippen molar-refractivity contribution in [1.82, 2.24) is 5.32 Å². The first-order valence-electron chi connectivity index (χ1n) is 4.80. The van der Waals surface area contributed by atoms with Crippen molar-refractivity contribution in [3.05, 3.63) is 31.8 Å². The lowest BCUT2D eigenvalue weighted by Crippen LogP contribution is -2.20. The highest BCUT2D eigenvalue weighted by atomic mass is 127. The van der Waals surface area contributed by atoms with Gasteiger partial charge >= 0.3 is 0 Å². The second-order valence-electron chi connectivity index (χ2n) is 3.18. The van der Waals surface area contributed by atoms with Crippen LogP contribution in [-0.4, -0.2) is 6.54 Å². The van der Waals surface area contributed by atoms with E-state index in [1.807, 2.05) is 0 Å². The molecule has 0 aromatic heterocycles. The zero-order valence-corrected chi connectivity index (χ0v) is 12.3. The van der Waals surface area contributed by atoms with E-state index in [1.54, 1.807) is 0 Å². The zero-order valence-electron chi connectivity index (χ0n) is 8.56. The number of terminal acetylenes is 1. The first-order chi connectivity index (χ1) is 7.19. The molecule has 0 bridgehead atoms. The molecule has 0 amide bonds. The van der Waals surface area contributed by atoms with E-state index in [9.17, 15) is 0 Å². The number of benzene rings is 1. The first kappa shape index (κ1) is 13.0. The summed E-state index contributed by atoms with van der Waals surface area (Å²) in [6.07, 6.45) is 6.09. The maximum Gasteiger partial charge on any atom is 0.0442 e. The van der Waals surface area contributed by atoms with Crippen LogP contribution in [0.2, 0.25) is 0 Å². The van der Waals surface area contributed by atoms with Gasteiger partial charge in [-0.2, -0.15) is 0 Å². The second-order valence-corrected chi connectivity index (χ2v) is 5.28. The average Bonchev–Trinajstić information content (AvgIpc) is 2.21. The molecule has 1 unspecified atom stereocenters. The van der Waals surface area contributed by atoms with E-state index in [1.165, 1.54) is 9.13 Å². The third-order valence-electron chi connectivity index (χ3n) is 2.11. The molecule has 1 aromatic carbocycles. The molecule has 1 aromatic rings. The molecule has 1 rings (SSSR count). The Morgan fingerprint density at radius 3 is 2.93 bits per heavy atom. The van der Waals surface area contributed by atoms with Crippen molar-refractivity contribution in [2.45, 2.75) is 19.4 Å². The van der Waals surface area contributed by atoms with Crippen LogP contribution in [0.5, 0.6) is 0 Å². The summed E-state index contributed by atoms with van der Waals surface area (Å²) in [7, 11) is 0. The topological polar surface area (TPSA) is 12.0 Å². The highest BCUT2D eigenvalue weighted by Gasteiger charge is 2.12. The van der Waals surface area contributed by atoms with Gasteiger partial charge < -0.3 is 5.32 Å². The van der Waals surface area contributed by atoms with E-state index in [0.29, 0.717) is 6.42 Å². The van der Waals surface area contributed by atoms with Crippen LogP contribution >= 0.6 is 38.5 Å². The molecule has 0 fully saturated rings. The third kappa shape index (κ3) is 3.78. The molecule has 15 heavy (non-hydrogen) atoms. The van der Waals surface area contributed by atoms with Crippen molar-refractivity contribution in [3.8, 4) is 12.3 Å². The highest BCUT2D eigenvalue weighted by molar-refractivity contribution is 14.1. The minimum absolute atomic E-state index is 0.240. The summed E-state index contributed by atoms with van der Waals surface area (Å²) < 4.78 is 2.34. The Labute approximate surface area is 113 Å². The van der Waals surface area contributed by atoms with Gasteiger partial charge in [-0.15, -0.1) is 12.3 Å². The summed E-state index contributed by atoms with van der Waals surface area (Å²) in [6, 6.07) is 6.55. The number of halogens is 2. The molecule has 1 N–H and O–H groups in total. The van der Waals surface area contributed by atoms with Gasteiger partial charge in [0.25, 0.3) is 0 Å². The van der Waals surface area contributed by atoms with Crippen LogP contribution in [0.25, 0.3) is 0 Å². The summed E-state index contributed by atoms with van der Waals surface area (Å²) >= 11 is 5.87. The zero-order chi connectivity index (χ0) is 11.3. The molecule has 0 radical (unpaired) electrons. The Hall–Kier alpha value is -0.0500. The van der Waals surface area contributed by atoms with Gasteiger partial charge in [-0.3, -0.25) is 0 Å². The van der Waals surface area contributed by atoms with Crippen molar-refractivity contribution in [3.63, 3.8) is 0 Å². The monoisotopic (exact) mass is 377 g/mol. The largest absolute Gasteiger partial charge is 0.309 e. The van der Waals surface area contributed by atoms with E-state index in [4.69, 9.17) is 6.42 Å². The van der Waals surface area contributed by atoms with Gasteiger partial charge in [0.1, 0.15) is 0 Å². The lowest BCUT2D eigenvalue weighted by Gasteiger charge is -2.17. The molecular formula is C12H13BrIN. The maximum absolute atomic E-state index is 5.38. The Morgan fingerprint density at radius 1 is 1.60 bits per heavy atom. The maximum atomic E-state index is 5.38. The molecule has 1 nitrogen and oxygen atoms in total. The van der Waals surface area contributed by atoms with Crippen molar-refractivity contribution in [2.24, 2.45) is 0 Å². The number of nitrogens with one attached hydrogen (secondary N) is 1.